The molecule has 0 amide bonds. The van der Waals surface area contributed by atoms with Crippen molar-refractivity contribution in [3.05, 3.63) is 46.7 Å². The van der Waals surface area contributed by atoms with Crippen LogP contribution in [0.4, 0.5) is 0 Å². The van der Waals surface area contributed by atoms with Gasteiger partial charge in [-0.25, -0.2) is 4.68 Å². The summed E-state index contributed by atoms with van der Waals surface area (Å²) < 4.78 is 1.84. The number of aliphatic hydroxyl groups is 1. The highest BCUT2D eigenvalue weighted by Gasteiger charge is 2.09. The van der Waals surface area contributed by atoms with Gasteiger partial charge in [-0.1, -0.05) is 18.5 Å². The maximum absolute atomic E-state index is 9.18. The first-order valence-electron chi connectivity index (χ1n) is 5.18. The summed E-state index contributed by atoms with van der Waals surface area (Å²) in [5.41, 5.74) is 2.86. The first-order valence-corrected chi connectivity index (χ1v) is 5.56. The Balaban J connectivity index is 2.47. The molecule has 1 heterocycles. The molecule has 1 aromatic carbocycles. The fourth-order valence-electron chi connectivity index (χ4n) is 1.72. The van der Waals surface area contributed by atoms with Crippen molar-refractivity contribution in [3.63, 3.8) is 0 Å². The molecule has 0 saturated carbocycles. The molecule has 0 aliphatic carbocycles. The summed E-state index contributed by atoms with van der Waals surface area (Å²) in [5.74, 6) is 0. The van der Waals surface area contributed by atoms with Gasteiger partial charge in [0.25, 0.3) is 0 Å². The zero-order chi connectivity index (χ0) is 11.5. The van der Waals surface area contributed by atoms with Gasteiger partial charge in [-0.3, -0.25) is 0 Å². The molecule has 1 aromatic heterocycles. The van der Waals surface area contributed by atoms with E-state index >= 15 is 0 Å². The molecule has 2 aromatic rings. The lowest BCUT2D eigenvalue weighted by Crippen LogP contribution is -2.02. The number of rotatable bonds is 3. The van der Waals surface area contributed by atoms with Crippen LogP contribution in [0, 0.1) is 0 Å². The first-order chi connectivity index (χ1) is 7.76. The van der Waals surface area contributed by atoms with E-state index in [-0.39, 0.29) is 6.61 Å². The zero-order valence-electron chi connectivity index (χ0n) is 9.02. The molecule has 0 radical (unpaired) electrons. The van der Waals surface area contributed by atoms with Crippen LogP contribution >= 0.6 is 11.6 Å². The van der Waals surface area contributed by atoms with E-state index in [4.69, 9.17) is 11.6 Å². The molecule has 0 spiro atoms. The number of hydrogen-bond acceptors (Lipinski definition) is 2. The second-order valence-electron chi connectivity index (χ2n) is 3.52. The third-order valence-electron chi connectivity index (χ3n) is 2.53. The third kappa shape index (κ3) is 1.96. The lowest BCUT2D eigenvalue weighted by molar-refractivity contribution is 0.280. The van der Waals surface area contributed by atoms with Crippen molar-refractivity contribution >= 4 is 11.6 Å². The molecule has 0 unspecified atom stereocenters. The van der Waals surface area contributed by atoms with E-state index < -0.39 is 0 Å². The Bertz CT molecular complexity index is 476. The normalized spacial score (nSPS) is 10.7. The van der Waals surface area contributed by atoms with Gasteiger partial charge in [-0.05, 0) is 30.7 Å². The monoisotopic (exact) mass is 236 g/mol. The summed E-state index contributed by atoms with van der Waals surface area (Å²) in [7, 11) is 0. The van der Waals surface area contributed by atoms with E-state index in [1.807, 2.05) is 35.9 Å². The highest BCUT2D eigenvalue weighted by atomic mass is 35.5. The third-order valence-corrected chi connectivity index (χ3v) is 2.78. The van der Waals surface area contributed by atoms with Crippen LogP contribution in [0.25, 0.3) is 5.69 Å². The number of nitrogens with zero attached hydrogens (tertiary/aromatic N) is 2. The maximum Gasteiger partial charge on any atom is 0.0715 e. The minimum atomic E-state index is 0.0246. The van der Waals surface area contributed by atoms with Gasteiger partial charge in [-0.2, -0.15) is 5.10 Å². The molecule has 84 valence electrons. The van der Waals surface area contributed by atoms with Crippen molar-refractivity contribution in [2.75, 3.05) is 0 Å². The minimum Gasteiger partial charge on any atom is -0.392 e. The molecule has 0 aliphatic heterocycles. The number of aliphatic hydroxyl groups excluding tert-OH is 1. The van der Waals surface area contributed by atoms with Crippen molar-refractivity contribution < 1.29 is 5.11 Å². The predicted molar refractivity (Wildman–Crippen MR) is 63.9 cm³/mol. The Kier molecular flexibility index (Phi) is 3.27. The van der Waals surface area contributed by atoms with Crippen molar-refractivity contribution in [3.8, 4) is 5.69 Å². The van der Waals surface area contributed by atoms with Crippen LogP contribution in [0.15, 0.2) is 30.5 Å². The van der Waals surface area contributed by atoms with E-state index in [0.29, 0.717) is 5.02 Å². The second kappa shape index (κ2) is 4.68. The minimum absolute atomic E-state index is 0.0246. The largest absolute Gasteiger partial charge is 0.392 e. The number of aromatic nitrogens is 2. The Labute approximate surface area is 99.3 Å². The quantitative estimate of drug-likeness (QED) is 0.890. The molecular formula is C12H13ClN2O. The fourth-order valence-corrected chi connectivity index (χ4v) is 1.85. The van der Waals surface area contributed by atoms with Gasteiger partial charge in [0.1, 0.15) is 0 Å². The summed E-state index contributed by atoms with van der Waals surface area (Å²) in [5, 5.41) is 14.2. The summed E-state index contributed by atoms with van der Waals surface area (Å²) in [6.45, 7) is 2.07. The van der Waals surface area contributed by atoms with Crippen molar-refractivity contribution in [2.45, 2.75) is 20.0 Å². The molecule has 0 bridgehead atoms. The van der Waals surface area contributed by atoms with Crippen molar-refractivity contribution in [1.29, 1.82) is 0 Å². The molecule has 0 atom stereocenters. The molecule has 0 aliphatic rings. The van der Waals surface area contributed by atoms with Gasteiger partial charge in [0.2, 0.25) is 0 Å². The molecule has 3 nitrogen and oxygen atoms in total. The van der Waals surface area contributed by atoms with Crippen LogP contribution in [-0.2, 0) is 13.0 Å². The van der Waals surface area contributed by atoms with Gasteiger partial charge in [0, 0.05) is 16.3 Å². The smallest absolute Gasteiger partial charge is 0.0715 e. The van der Waals surface area contributed by atoms with Gasteiger partial charge in [0.05, 0.1) is 18.5 Å². The molecule has 0 fully saturated rings. The fraction of sp³-hybridized carbons (Fsp3) is 0.250. The lowest BCUT2D eigenvalue weighted by atomic mass is 10.2. The van der Waals surface area contributed by atoms with Crippen molar-refractivity contribution in [1.82, 2.24) is 9.78 Å². The lowest BCUT2D eigenvalue weighted by Gasteiger charge is -2.07. The molecule has 2 rings (SSSR count). The van der Waals surface area contributed by atoms with Crippen LogP contribution < -0.4 is 0 Å². The van der Waals surface area contributed by atoms with E-state index in [1.54, 1.807) is 6.20 Å². The van der Waals surface area contributed by atoms with E-state index in [2.05, 4.69) is 5.10 Å². The molecular weight excluding hydrogens is 224 g/mol. The van der Waals surface area contributed by atoms with E-state index in [1.165, 1.54) is 0 Å². The molecule has 4 heteroatoms. The number of benzene rings is 1. The molecule has 0 saturated heterocycles. The van der Waals surface area contributed by atoms with Crippen LogP contribution in [0.3, 0.4) is 0 Å². The summed E-state index contributed by atoms with van der Waals surface area (Å²) in [4.78, 5) is 0. The molecule has 1 N–H and O–H groups in total. The highest BCUT2D eigenvalue weighted by Crippen LogP contribution is 2.17. The number of hydrogen-bond donors (Lipinski definition) is 1. The maximum atomic E-state index is 9.18. The SMILES string of the molecule is CCc1c(CO)cnn1-c1ccc(Cl)cc1. The average Bonchev–Trinajstić information content (AvgIpc) is 2.72. The van der Waals surface area contributed by atoms with Crippen LogP contribution in [-0.4, -0.2) is 14.9 Å². The topological polar surface area (TPSA) is 38.1 Å². The summed E-state index contributed by atoms with van der Waals surface area (Å²) in [6.07, 6.45) is 2.53. The standard InChI is InChI=1S/C12H13ClN2O/c1-2-12-9(8-16)7-14-15(12)11-5-3-10(13)4-6-11/h3-7,16H,2,8H2,1H3. The van der Waals surface area contributed by atoms with E-state index in [9.17, 15) is 5.11 Å². The van der Waals surface area contributed by atoms with Gasteiger partial charge in [0.15, 0.2) is 0 Å². The summed E-state index contributed by atoms with van der Waals surface area (Å²) >= 11 is 5.84. The van der Waals surface area contributed by atoms with E-state index in [0.717, 1.165) is 23.4 Å². The Morgan fingerprint density at radius 1 is 1.31 bits per heavy atom. The van der Waals surface area contributed by atoms with Crippen LogP contribution in [0.5, 0.6) is 0 Å². The van der Waals surface area contributed by atoms with Crippen LogP contribution in [0.2, 0.25) is 5.02 Å². The number of halogens is 1. The van der Waals surface area contributed by atoms with Gasteiger partial charge < -0.3 is 5.11 Å². The van der Waals surface area contributed by atoms with Gasteiger partial charge >= 0.3 is 0 Å². The predicted octanol–water partition coefficient (Wildman–Crippen LogP) is 2.58. The average molecular weight is 237 g/mol. The van der Waals surface area contributed by atoms with Crippen LogP contribution in [0.1, 0.15) is 18.2 Å². The zero-order valence-corrected chi connectivity index (χ0v) is 9.78. The Morgan fingerprint density at radius 3 is 2.56 bits per heavy atom. The Morgan fingerprint density at radius 2 is 2.00 bits per heavy atom. The van der Waals surface area contributed by atoms with Gasteiger partial charge in [-0.15, -0.1) is 0 Å². The Hall–Kier alpha value is -1.32. The second-order valence-corrected chi connectivity index (χ2v) is 3.95. The summed E-state index contributed by atoms with van der Waals surface area (Å²) in [6, 6.07) is 7.48. The first kappa shape index (κ1) is 11.2. The highest BCUT2D eigenvalue weighted by molar-refractivity contribution is 6.30. The molecule has 16 heavy (non-hydrogen) atoms. The van der Waals surface area contributed by atoms with Crippen molar-refractivity contribution in [2.24, 2.45) is 0 Å².